The Bertz CT molecular complexity index is 1680. The molecular formula is C34H37N5O3. The number of nitrogens with one attached hydrogen (secondary N) is 2. The Morgan fingerprint density at radius 2 is 1.52 bits per heavy atom. The van der Waals surface area contributed by atoms with Gasteiger partial charge in [0.05, 0.1) is 5.69 Å². The van der Waals surface area contributed by atoms with Gasteiger partial charge in [0.2, 0.25) is 0 Å². The monoisotopic (exact) mass is 563 g/mol. The summed E-state index contributed by atoms with van der Waals surface area (Å²) in [5, 5.41) is 6.15. The molecule has 2 N–H and O–H groups in total. The van der Waals surface area contributed by atoms with Crippen LogP contribution in [0.4, 0.5) is 17.2 Å². The summed E-state index contributed by atoms with van der Waals surface area (Å²) < 4.78 is 1.48. The van der Waals surface area contributed by atoms with Crippen molar-refractivity contribution in [3.63, 3.8) is 0 Å². The molecule has 216 valence electrons. The Kier molecular flexibility index (Phi) is 7.98. The van der Waals surface area contributed by atoms with Crippen molar-refractivity contribution in [2.24, 2.45) is 7.05 Å². The highest BCUT2D eigenvalue weighted by molar-refractivity contribution is 6.05. The van der Waals surface area contributed by atoms with Crippen molar-refractivity contribution in [1.29, 1.82) is 0 Å². The first-order valence-corrected chi connectivity index (χ1v) is 14.3. The number of hydrogen-bond acceptors (Lipinski definition) is 5. The summed E-state index contributed by atoms with van der Waals surface area (Å²) in [7, 11) is 1.68. The predicted octanol–water partition coefficient (Wildman–Crippen LogP) is 6.29. The Balaban J connectivity index is 1.37. The molecule has 8 heteroatoms. The van der Waals surface area contributed by atoms with Crippen molar-refractivity contribution in [1.82, 2.24) is 14.5 Å². The molecule has 2 heterocycles. The third kappa shape index (κ3) is 6.12. The number of benzene rings is 3. The Morgan fingerprint density at radius 3 is 2.17 bits per heavy atom. The van der Waals surface area contributed by atoms with Crippen LogP contribution in [-0.4, -0.2) is 39.4 Å². The summed E-state index contributed by atoms with van der Waals surface area (Å²) in [5.74, 6) is -0.000928. The van der Waals surface area contributed by atoms with E-state index in [1.54, 1.807) is 37.5 Å². The van der Waals surface area contributed by atoms with Crippen molar-refractivity contribution < 1.29 is 9.59 Å². The van der Waals surface area contributed by atoms with Gasteiger partial charge in [-0.25, -0.2) is 4.98 Å². The number of likely N-dealkylation sites (tertiary alicyclic amines) is 1. The van der Waals surface area contributed by atoms with Crippen LogP contribution in [0.3, 0.4) is 0 Å². The summed E-state index contributed by atoms with van der Waals surface area (Å²) in [6.07, 6.45) is 3.76. The van der Waals surface area contributed by atoms with Gasteiger partial charge in [-0.05, 0) is 78.8 Å². The van der Waals surface area contributed by atoms with Gasteiger partial charge >= 0.3 is 0 Å². The average molecular weight is 564 g/mol. The fourth-order valence-electron chi connectivity index (χ4n) is 5.12. The quantitative estimate of drug-likeness (QED) is 0.288. The summed E-state index contributed by atoms with van der Waals surface area (Å²) in [4.78, 5) is 45.2. The molecule has 8 nitrogen and oxygen atoms in total. The zero-order valence-electron chi connectivity index (χ0n) is 24.8. The highest BCUT2D eigenvalue weighted by Crippen LogP contribution is 2.29. The van der Waals surface area contributed by atoms with Gasteiger partial charge in [-0.15, -0.1) is 0 Å². The van der Waals surface area contributed by atoms with E-state index in [1.807, 2.05) is 54.3 Å². The first-order chi connectivity index (χ1) is 20.0. The van der Waals surface area contributed by atoms with Gasteiger partial charge in [0.1, 0.15) is 0 Å². The molecular weight excluding hydrogens is 526 g/mol. The predicted molar refractivity (Wildman–Crippen MR) is 168 cm³/mol. The van der Waals surface area contributed by atoms with E-state index in [-0.39, 0.29) is 28.6 Å². The lowest BCUT2D eigenvalue weighted by molar-refractivity contribution is 0.0792. The normalized spacial score (nSPS) is 13.2. The van der Waals surface area contributed by atoms with E-state index in [9.17, 15) is 14.4 Å². The number of amides is 2. The smallest absolute Gasteiger partial charge is 0.293 e. The molecule has 0 aliphatic carbocycles. The molecule has 1 aromatic heterocycles. The summed E-state index contributed by atoms with van der Waals surface area (Å²) in [6.45, 7) is 9.92. The van der Waals surface area contributed by atoms with Crippen molar-refractivity contribution >= 4 is 29.0 Å². The Morgan fingerprint density at radius 1 is 0.881 bits per heavy atom. The number of carbonyl (C=O) groups excluding carboxylic acids is 2. The van der Waals surface area contributed by atoms with Crippen LogP contribution in [0.5, 0.6) is 0 Å². The SMILES string of the molecule is Cc1c(NC(=O)c2ccc(C(C)(C)C)cc2)cccc1-c1cn(C)c(=O)c(Nc2ccc(C(=O)N3CCCC3)cc2)n1. The topological polar surface area (TPSA) is 96.3 Å². The van der Waals surface area contributed by atoms with Crippen molar-refractivity contribution in [3.8, 4) is 11.3 Å². The van der Waals surface area contributed by atoms with E-state index in [0.717, 1.165) is 42.6 Å². The van der Waals surface area contributed by atoms with Gasteiger partial charge < -0.3 is 20.1 Å². The minimum Gasteiger partial charge on any atom is -0.339 e. The highest BCUT2D eigenvalue weighted by Gasteiger charge is 2.20. The van der Waals surface area contributed by atoms with Crippen LogP contribution in [0.25, 0.3) is 11.3 Å². The van der Waals surface area contributed by atoms with E-state index in [2.05, 4.69) is 36.4 Å². The molecule has 42 heavy (non-hydrogen) atoms. The maximum atomic E-state index is 13.1. The molecule has 3 aromatic carbocycles. The molecule has 5 rings (SSSR count). The second kappa shape index (κ2) is 11.6. The Hall–Kier alpha value is -4.72. The van der Waals surface area contributed by atoms with Crippen LogP contribution in [0, 0.1) is 6.92 Å². The molecule has 0 saturated carbocycles. The maximum absolute atomic E-state index is 13.1. The number of aryl methyl sites for hydroxylation is 1. The van der Waals surface area contributed by atoms with Gasteiger partial charge in [-0.2, -0.15) is 0 Å². The number of nitrogens with zero attached hydrogens (tertiary/aromatic N) is 3. The number of rotatable bonds is 6. The van der Waals surface area contributed by atoms with Crippen molar-refractivity contribution in [3.05, 3.63) is 106 Å². The molecule has 1 aliphatic rings. The molecule has 0 unspecified atom stereocenters. The van der Waals surface area contributed by atoms with Crippen LogP contribution in [0.1, 0.15) is 65.5 Å². The van der Waals surface area contributed by atoms with Gasteiger partial charge in [0.25, 0.3) is 17.4 Å². The summed E-state index contributed by atoms with van der Waals surface area (Å²) in [5.41, 5.74) is 5.62. The minimum absolute atomic E-state index is 0.00619. The number of carbonyl (C=O) groups is 2. The molecule has 0 radical (unpaired) electrons. The number of hydrogen-bond donors (Lipinski definition) is 2. The third-order valence-electron chi connectivity index (χ3n) is 7.73. The van der Waals surface area contributed by atoms with E-state index < -0.39 is 0 Å². The molecule has 4 aromatic rings. The van der Waals surface area contributed by atoms with Gasteiger partial charge in [0, 0.05) is 54.4 Å². The molecule has 2 amide bonds. The van der Waals surface area contributed by atoms with Crippen molar-refractivity contribution in [2.75, 3.05) is 23.7 Å². The maximum Gasteiger partial charge on any atom is 0.293 e. The molecule has 0 spiro atoms. The molecule has 1 saturated heterocycles. The van der Waals surface area contributed by atoms with Crippen LogP contribution >= 0.6 is 0 Å². The first-order valence-electron chi connectivity index (χ1n) is 14.3. The lowest BCUT2D eigenvalue weighted by Crippen LogP contribution is -2.27. The summed E-state index contributed by atoms with van der Waals surface area (Å²) >= 11 is 0. The van der Waals surface area contributed by atoms with Crippen LogP contribution in [0.2, 0.25) is 0 Å². The third-order valence-corrected chi connectivity index (χ3v) is 7.73. The lowest BCUT2D eigenvalue weighted by atomic mass is 9.86. The van der Waals surface area contributed by atoms with E-state index in [0.29, 0.717) is 28.2 Å². The van der Waals surface area contributed by atoms with E-state index in [4.69, 9.17) is 0 Å². The van der Waals surface area contributed by atoms with Crippen LogP contribution in [0.15, 0.2) is 77.7 Å². The summed E-state index contributed by atoms with van der Waals surface area (Å²) in [6, 6.07) is 20.4. The van der Waals surface area contributed by atoms with Crippen molar-refractivity contribution in [2.45, 2.75) is 46.0 Å². The standard InChI is InChI=1S/C34H37N5O3/c1-22-27(9-8-10-28(22)37-31(40)23-11-15-25(16-12-23)34(2,3)4)29-21-38(5)33(42)30(36-29)35-26-17-13-24(14-18-26)32(41)39-19-6-7-20-39/h8-18,21H,6-7,19-20H2,1-5H3,(H,35,36)(H,37,40). The molecule has 1 fully saturated rings. The number of aromatic nitrogens is 2. The van der Waals surface area contributed by atoms with Gasteiger partial charge in [-0.1, -0.05) is 45.0 Å². The second-order valence-electron chi connectivity index (χ2n) is 11.9. The zero-order valence-corrected chi connectivity index (χ0v) is 24.8. The highest BCUT2D eigenvalue weighted by atomic mass is 16.2. The largest absolute Gasteiger partial charge is 0.339 e. The first kappa shape index (κ1) is 28.8. The molecule has 1 aliphatic heterocycles. The van der Waals surface area contributed by atoms with Crippen LogP contribution < -0.4 is 16.2 Å². The van der Waals surface area contributed by atoms with E-state index >= 15 is 0 Å². The minimum atomic E-state index is -0.281. The van der Waals surface area contributed by atoms with Gasteiger partial charge in [0.15, 0.2) is 5.82 Å². The second-order valence-corrected chi connectivity index (χ2v) is 11.9. The van der Waals surface area contributed by atoms with Crippen LogP contribution in [-0.2, 0) is 12.5 Å². The molecule has 0 atom stereocenters. The Labute approximate surface area is 246 Å². The fourth-order valence-corrected chi connectivity index (χ4v) is 5.12. The van der Waals surface area contributed by atoms with E-state index in [1.165, 1.54) is 4.57 Å². The average Bonchev–Trinajstić information content (AvgIpc) is 3.51. The zero-order chi connectivity index (χ0) is 30.0. The lowest BCUT2D eigenvalue weighted by Gasteiger charge is -2.19. The fraction of sp³-hybridized carbons (Fsp3) is 0.294. The number of anilines is 3. The molecule has 0 bridgehead atoms. The van der Waals surface area contributed by atoms with Gasteiger partial charge in [-0.3, -0.25) is 14.4 Å².